The molecule has 1 unspecified atom stereocenters. The highest BCUT2D eigenvalue weighted by Crippen LogP contribution is 2.39. The molecule has 1 N–H and O–H groups in total. The van der Waals surface area contributed by atoms with Crippen LogP contribution in [0.15, 0.2) is 10.5 Å². The predicted molar refractivity (Wildman–Crippen MR) is 77.4 cm³/mol. The van der Waals surface area contributed by atoms with Gasteiger partial charge in [-0.1, -0.05) is 6.07 Å². The van der Waals surface area contributed by atoms with E-state index in [2.05, 4.69) is 27.3 Å². The second kappa shape index (κ2) is 5.22. The fraction of sp³-hybridized carbons (Fsp3) is 0.600. The molecule has 1 aliphatic carbocycles. The Labute approximate surface area is 117 Å². The lowest BCUT2D eigenvalue weighted by Gasteiger charge is -2.17. The van der Waals surface area contributed by atoms with Crippen molar-refractivity contribution in [2.45, 2.75) is 44.6 Å². The van der Waals surface area contributed by atoms with E-state index in [4.69, 9.17) is 4.74 Å². The van der Waals surface area contributed by atoms with E-state index in [9.17, 15) is 0 Å². The molecule has 2 nitrogen and oxygen atoms in total. The minimum absolute atomic E-state index is 0.630. The Bertz CT molecular complexity index is 452. The zero-order chi connectivity index (χ0) is 12.5. The van der Waals surface area contributed by atoms with E-state index in [0.29, 0.717) is 6.04 Å². The number of rotatable bonds is 3. The van der Waals surface area contributed by atoms with E-state index in [1.165, 1.54) is 59.8 Å². The number of aryl methyl sites for hydroxylation is 1. The van der Waals surface area contributed by atoms with Crippen LogP contribution in [0.25, 0.3) is 0 Å². The number of ether oxygens (including phenoxy) is 1. The molecule has 1 atom stereocenters. The molecule has 0 radical (unpaired) electrons. The number of hydrogen-bond acceptors (Lipinski definition) is 2. The van der Waals surface area contributed by atoms with Crippen molar-refractivity contribution in [2.75, 3.05) is 13.7 Å². The highest BCUT2D eigenvalue weighted by molar-refractivity contribution is 9.10. The molecule has 0 aromatic heterocycles. The van der Waals surface area contributed by atoms with Crippen LogP contribution < -0.4 is 10.1 Å². The standard InChI is InChI=1S/C15H20BrNO/c1-18-15-11(9-12-5-3-7-17-12)8-10-4-2-6-13(10)14(15)16/h8,12,17H,2-7,9H2,1H3. The number of methoxy groups -OCH3 is 1. The van der Waals surface area contributed by atoms with Gasteiger partial charge in [-0.15, -0.1) is 0 Å². The van der Waals surface area contributed by atoms with Crippen LogP contribution in [0.2, 0.25) is 0 Å². The number of fused-ring (bicyclic) bond motifs is 1. The van der Waals surface area contributed by atoms with Crippen LogP contribution >= 0.6 is 15.9 Å². The Morgan fingerprint density at radius 3 is 3.00 bits per heavy atom. The van der Waals surface area contributed by atoms with Crippen LogP contribution in [0, 0.1) is 0 Å². The summed E-state index contributed by atoms with van der Waals surface area (Å²) in [6.07, 6.45) is 7.38. The molecule has 0 saturated carbocycles. The van der Waals surface area contributed by atoms with Crippen LogP contribution in [0.1, 0.15) is 36.0 Å². The minimum Gasteiger partial charge on any atom is -0.495 e. The summed E-state index contributed by atoms with van der Waals surface area (Å²) in [7, 11) is 1.78. The normalized spacial score (nSPS) is 22.2. The van der Waals surface area contributed by atoms with Gasteiger partial charge in [0.05, 0.1) is 11.6 Å². The first-order valence-corrected chi connectivity index (χ1v) is 7.69. The fourth-order valence-corrected chi connectivity index (χ4v) is 4.17. The molecule has 1 aromatic carbocycles. The Morgan fingerprint density at radius 2 is 2.28 bits per heavy atom. The first kappa shape index (κ1) is 12.5. The van der Waals surface area contributed by atoms with Crippen molar-refractivity contribution in [3.8, 4) is 5.75 Å². The Kier molecular flexibility index (Phi) is 3.62. The minimum atomic E-state index is 0.630. The Morgan fingerprint density at radius 1 is 1.39 bits per heavy atom. The van der Waals surface area contributed by atoms with E-state index in [1.807, 2.05) is 0 Å². The van der Waals surface area contributed by atoms with Gasteiger partial charge >= 0.3 is 0 Å². The van der Waals surface area contributed by atoms with Crippen molar-refractivity contribution >= 4 is 15.9 Å². The highest BCUT2D eigenvalue weighted by atomic mass is 79.9. The molecule has 18 heavy (non-hydrogen) atoms. The maximum Gasteiger partial charge on any atom is 0.136 e. The first-order valence-electron chi connectivity index (χ1n) is 6.90. The maximum absolute atomic E-state index is 5.64. The Balaban J connectivity index is 1.94. The second-order valence-electron chi connectivity index (χ2n) is 5.37. The summed E-state index contributed by atoms with van der Waals surface area (Å²) < 4.78 is 6.84. The lowest BCUT2D eigenvalue weighted by molar-refractivity contribution is 0.403. The number of halogens is 1. The van der Waals surface area contributed by atoms with Crippen LogP contribution in [0.5, 0.6) is 5.75 Å². The molecule has 1 aliphatic heterocycles. The van der Waals surface area contributed by atoms with Gasteiger partial charge in [0.1, 0.15) is 5.75 Å². The summed E-state index contributed by atoms with van der Waals surface area (Å²) in [5.74, 6) is 1.06. The van der Waals surface area contributed by atoms with Crippen molar-refractivity contribution in [1.82, 2.24) is 5.32 Å². The molecule has 3 heteroatoms. The molecular formula is C15H20BrNO. The summed E-state index contributed by atoms with van der Waals surface area (Å²) in [6, 6.07) is 3.01. The average molecular weight is 310 g/mol. The SMILES string of the molecule is COc1c(CC2CCCN2)cc2c(c1Br)CCC2. The second-order valence-corrected chi connectivity index (χ2v) is 6.16. The van der Waals surface area contributed by atoms with Gasteiger partial charge < -0.3 is 10.1 Å². The number of benzene rings is 1. The van der Waals surface area contributed by atoms with Gasteiger partial charge in [-0.05, 0) is 77.7 Å². The van der Waals surface area contributed by atoms with Gasteiger partial charge in [-0.2, -0.15) is 0 Å². The third kappa shape index (κ3) is 2.19. The number of nitrogens with one attached hydrogen (secondary N) is 1. The van der Waals surface area contributed by atoms with Crippen LogP contribution in [-0.2, 0) is 19.3 Å². The molecule has 0 bridgehead atoms. The van der Waals surface area contributed by atoms with Gasteiger partial charge in [0.2, 0.25) is 0 Å². The summed E-state index contributed by atoms with van der Waals surface area (Å²) in [6.45, 7) is 1.17. The van der Waals surface area contributed by atoms with E-state index >= 15 is 0 Å². The van der Waals surface area contributed by atoms with Crippen molar-refractivity contribution in [1.29, 1.82) is 0 Å². The van der Waals surface area contributed by atoms with Gasteiger partial charge in [0, 0.05) is 6.04 Å². The molecule has 1 heterocycles. The van der Waals surface area contributed by atoms with Gasteiger partial charge in [-0.3, -0.25) is 0 Å². The summed E-state index contributed by atoms with van der Waals surface area (Å²) in [5, 5.41) is 3.57. The van der Waals surface area contributed by atoms with Crippen molar-refractivity contribution < 1.29 is 4.74 Å². The predicted octanol–water partition coefficient (Wildman–Crippen LogP) is 3.24. The highest BCUT2D eigenvalue weighted by Gasteiger charge is 2.23. The average Bonchev–Trinajstić information content (AvgIpc) is 3.00. The van der Waals surface area contributed by atoms with E-state index in [1.54, 1.807) is 7.11 Å². The topological polar surface area (TPSA) is 21.3 Å². The third-order valence-corrected chi connectivity index (χ3v) is 5.04. The zero-order valence-corrected chi connectivity index (χ0v) is 12.5. The third-order valence-electron chi connectivity index (χ3n) is 4.20. The van der Waals surface area contributed by atoms with Crippen molar-refractivity contribution in [3.05, 3.63) is 27.2 Å². The summed E-state index contributed by atoms with van der Waals surface area (Å²) >= 11 is 3.75. The largest absolute Gasteiger partial charge is 0.495 e. The Hall–Kier alpha value is -0.540. The van der Waals surface area contributed by atoms with Crippen LogP contribution in [0.4, 0.5) is 0 Å². The van der Waals surface area contributed by atoms with E-state index < -0.39 is 0 Å². The van der Waals surface area contributed by atoms with Gasteiger partial charge in [0.15, 0.2) is 0 Å². The van der Waals surface area contributed by atoms with Crippen molar-refractivity contribution in [3.63, 3.8) is 0 Å². The molecular weight excluding hydrogens is 290 g/mol. The fourth-order valence-electron chi connectivity index (χ4n) is 3.30. The zero-order valence-electron chi connectivity index (χ0n) is 10.9. The molecule has 0 amide bonds. The number of hydrogen-bond donors (Lipinski definition) is 1. The van der Waals surface area contributed by atoms with Gasteiger partial charge in [0.25, 0.3) is 0 Å². The quantitative estimate of drug-likeness (QED) is 0.925. The molecule has 0 spiro atoms. The van der Waals surface area contributed by atoms with E-state index in [-0.39, 0.29) is 0 Å². The molecule has 98 valence electrons. The van der Waals surface area contributed by atoms with Gasteiger partial charge in [-0.25, -0.2) is 0 Å². The first-order chi connectivity index (χ1) is 8.79. The van der Waals surface area contributed by atoms with Crippen LogP contribution in [0.3, 0.4) is 0 Å². The summed E-state index contributed by atoms with van der Waals surface area (Å²) in [4.78, 5) is 0. The lowest BCUT2D eigenvalue weighted by Crippen LogP contribution is -2.24. The molecule has 3 rings (SSSR count). The monoisotopic (exact) mass is 309 g/mol. The van der Waals surface area contributed by atoms with Crippen molar-refractivity contribution in [2.24, 2.45) is 0 Å². The van der Waals surface area contributed by atoms with Crippen LogP contribution in [-0.4, -0.2) is 19.7 Å². The molecule has 2 aliphatic rings. The summed E-state index contributed by atoms with van der Waals surface area (Å²) in [5.41, 5.74) is 4.36. The molecule has 1 saturated heterocycles. The molecule has 1 fully saturated rings. The maximum atomic E-state index is 5.64. The van der Waals surface area contributed by atoms with E-state index in [0.717, 1.165) is 12.2 Å². The smallest absolute Gasteiger partial charge is 0.136 e. The molecule has 1 aromatic rings. The lowest BCUT2D eigenvalue weighted by atomic mass is 9.99.